The van der Waals surface area contributed by atoms with Gasteiger partial charge in [0.05, 0.1) is 18.6 Å². The van der Waals surface area contributed by atoms with Crippen molar-refractivity contribution in [2.24, 2.45) is 5.92 Å². The second-order valence-electron chi connectivity index (χ2n) is 5.97. The molecule has 0 radical (unpaired) electrons. The normalized spacial score (nSPS) is 18.0. The number of halogens is 1. The average molecular weight is 367 g/mol. The van der Waals surface area contributed by atoms with Crippen LogP contribution in [0.25, 0.3) is 0 Å². The van der Waals surface area contributed by atoms with Crippen LogP contribution in [0.2, 0.25) is 0 Å². The molecule has 24 heavy (non-hydrogen) atoms. The highest BCUT2D eigenvalue weighted by Gasteiger charge is 2.28. The highest BCUT2D eigenvalue weighted by atomic mass is 35.5. The number of carbonyl (C=O) groups excluding carboxylic acids is 1. The summed E-state index contributed by atoms with van der Waals surface area (Å²) in [5, 5.41) is 17.6. The van der Waals surface area contributed by atoms with E-state index in [1.165, 1.54) is 0 Å². The minimum atomic E-state index is -0.636. The van der Waals surface area contributed by atoms with Gasteiger partial charge in [-0.25, -0.2) is 0 Å². The average Bonchev–Trinajstić information content (AvgIpc) is 3.27. The van der Waals surface area contributed by atoms with E-state index in [0.29, 0.717) is 13.1 Å². The lowest BCUT2D eigenvalue weighted by Gasteiger charge is -2.27. The Hall–Kier alpha value is -1.40. The summed E-state index contributed by atoms with van der Waals surface area (Å²) in [6.07, 6.45) is 0.238. The van der Waals surface area contributed by atoms with Crippen molar-refractivity contribution >= 4 is 29.7 Å². The minimum Gasteiger partial charge on any atom is -0.387 e. The molecule has 1 aliphatic heterocycles. The summed E-state index contributed by atoms with van der Waals surface area (Å²) in [5.41, 5.74) is 1.97. The Labute approximate surface area is 152 Å². The van der Waals surface area contributed by atoms with Crippen molar-refractivity contribution in [3.63, 3.8) is 0 Å². The molecule has 0 bridgehead atoms. The van der Waals surface area contributed by atoms with Crippen LogP contribution < -0.4 is 5.32 Å². The van der Waals surface area contributed by atoms with E-state index in [9.17, 15) is 9.90 Å². The van der Waals surface area contributed by atoms with Gasteiger partial charge in [-0.15, -0.1) is 12.4 Å². The molecule has 1 aliphatic rings. The fourth-order valence-corrected chi connectivity index (χ4v) is 3.65. The Bertz CT molecular complexity index is 615. The molecule has 2 atom stereocenters. The lowest BCUT2D eigenvalue weighted by Crippen LogP contribution is -2.39. The summed E-state index contributed by atoms with van der Waals surface area (Å²) in [6, 6.07) is 11.9. The maximum absolute atomic E-state index is 12.8. The van der Waals surface area contributed by atoms with Gasteiger partial charge < -0.3 is 15.3 Å². The predicted molar refractivity (Wildman–Crippen MR) is 99.4 cm³/mol. The number of aliphatic hydroxyl groups is 1. The molecule has 0 spiro atoms. The molecule has 2 N–H and O–H groups in total. The Morgan fingerprint density at radius 3 is 2.75 bits per heavy atom. The minimum absolute atomic E-state index is 0. The second kappa shape index (κ2) is 9.18. The van der Waals surface area contributed by atoms with Crippen molar-refractivity contribution < 1.29 is 9.90 Å². The number of amides is 1. The van der Waals surface area contributed by atoms with Crippen LogP contribution in [0.4, 0.5) is 0 Å². The number of hydrogen-bond donors (Lipinski definition) is 2. The first-order valence-corrected chi connectivity index (χ1v) is 8.92. The van der Waals surface area contributed by atoms with Crippen molar-refractivity contribution in [3.8, 4) is 0 Å². The van der Waals surface area contributed by atoms with Crippen molar-refractivity contribution in [1.82, 2.24) is 10.2 Å². The Kier molecular flexibility index (Phi) is 7.24. The molecular formula is C18H23ClN2O2S. The number of rotatable bonds is 6. The van der Waals surface area contributed by atoms with Crippen LogP contribution in [0.3, 0.4) is 0 Å². The lowest BCUT2D eigenvalue weighted by atomic mass is 10.1. The fraction of sp³-hybridized carbons (Fsp3) is 0.389. The molecule has 130 valence electrons. The summed E-state index contributed by atoms with van der Waals surface area (Å²) >= 11 is 1.56. The molecule has 4 nitrogen and oxygen atoms in total. The highest BCUT2D eigenvalue weighted by Crippen LogP contribution is 2.21. The molecule has 0 saturated carbocycles. The van der Waals surface area contributed by atoms with Gasteiger partial charge >= 0.3 is 0 Å². The number of hydrogen-bond acceptors (Lipinski definition) is 4. The van der Waals surface area contributed by atoms with Gasteiger partial charge in [-0.2, -0.15) is 11.3 Å². The Morgan fingerprint density at radius 1 is 1.33 bits per heavy atom. The molecule has 1 saturated heterocycles. The zero-order chi connectivity index (χ0) is 16.1. The molecule has 1 aromatic carbocycles. The van der Waals surface area contributed by atoms with Crippen LogP contribution in [0, 0.1) is 5.92 Å². The molecule has 2 unspecified atom stereocenters. The Morgan fingerprint density at radius 2 is 2.12 bits per heavy atom. The van der Waals surface area contributed by atoms with Gasteiger partial charge in [0, 0.05) is 13.1 Å². The molecule has 1 aromatic heterocycles. The van der Waals surface area contributed by atoms with E-state index in [1.54, 1.807) is 16.2 Å². The molecule has 0 aliphatic carbocycles. The van der Waals surface area contributed by atoms with Gasteiger partial charge in [0.25, 0.3) is 0 Å². The largest absolute Gasteiger partial charge is 0.387 e. The molecule has 3 rings (SSSR count). The number of aliphatic hydroxyl groups excluding tert-OH is 1. The van der Waals surface area contributed by atoms with Gasteiger partial charge in [-0.05, 0) is 40.9 Å². The standard InChI is InChI=1S/C18H22N2O2S.ClH/c21-17(16-7-9-23-13-16)12-20(11-14-4-2-1-3-5-14)18(22)15-6-8-19-10-15;/h1-5,7,9,13,15,17,19,21H,6,8,10-12H2;1H. The van der Waals surface area contributed by atoms with E-state index in [2.05, 4.69) is 5.32 Å². The van der Waals surface area contributed by atoms with Crippen LogP contribution in [0.15, 0.2) is 47.2 Å². The first-order chi connectivity index (χ1) is 11.2. The van der Waals surface area contributed by atoms with Gasteiger partial charge in [-0.1, -0.05) is 30.3 Å². The fourth-order valence-electron chi connectivity index (χ4n) is 2.94. The summed E-state index contributed by atoms with van der Waals surface area (Å²) < 4.78 is 0. The third-order valence-corrected chi connectivity index (χ3v) is 4.96. The lowest BCUT2D eigenvalue weighted by molar-refractivity contribution is -0.137. The molecule has 1 fully saturated rings. The van der Waals surface area contributed by atoms with Gasteiger partial charge in [0.15, 0.2) is 0 Å². The third-order valence-electron chi connectivity index (χ3n) is 4.26. The number of nitrogens with zero attached hydrogens (tertiary/aromatic N) is 1. The molecular weight excluding hydrogens is 344 g/mol. The van der Waals surface area contributed by atoms with Crippen molar-refractivity contribution in [1.29, 1.82) is 0 Å². The van der Waals surface area contributed by atoms with E-state index in [1.807, 2.05) is 47.2 Å². The van der Waals surface area contributed by atoms with Crippen LogP contribution in [0.5, 0.6) is 0 Å². The van der Waals surface area contributed by atoms with Gasteiger partial charge in [-0.3, -0.25) is 4.79 Å². The van der Waals surface area contributed by atoms with Crippen LogP contribution in [0.1, 0.15) is 23.7 Å². The molecule has 6 heteroatoms. The maximum Gasteiger partial charge on any atom is 0.227 e. The topological polar surface area (TPSA) is 52.6 Å². The van der Waals surface area contributed by atoms with Crippen LogP contribution >= 0.6 is 23.7 Å². The second-order valence-corrected chi connectivity index (χ2v) is 6.75. The number of thiophene rings is 1. The van der Waals surface area contributed by atoms with Crippen LogP contribution in [-0.4, -0.2) is 35.5 Å². The van der Waals surface area contributed by atoms with Crippen molar-refractivity contribution in [2.75, 3.05) is 19.6 Å². The maximum atomic E-state index is 12.8. The smallest absolute Gasteiger partial charge is 0.227 e. The van der Waals surface area contributed by atoms with Crippen LogP contribution in [-0.2, 0) is 11.3 Å². The zero-order valence-corrected chi connectivity index (χ0v) is 15.1. The van der Waals surface area contributed by atoms with E-state index < -0.39 is 6.10 Å². The molecule has 2 heterocycles. The summed E-state index contributed by atoms with van der Waals surface area (Å²) in [4.78, 5) is 14.6. The van der Waals surface area contributed by atoms with E-state index in [0.717, 1.165) is 30.6 Å². The molecule has 2 aromatic rings. The van der Waals surface area contributed by atoms with Gasteiger partial charge in [0.1, 0.15) is 0 Å². The number of nitrogens with one attached hydrogen (secondary N) is 1. The number of carbonyl (C=O) groups is 1. The zero-order valence-electron chi connectivity index (χ0n) is 13.4. The third kappa shape index (κ3) is 4.80. The SMILES string of the molecule is Cl.O=C(C1CCNC1)N(Cc1ccccc1)CC(O)c1ccsc1. The quantitative estimate of drug-likeness (QED) is 0.826. The predicted octanol–water partition coefficient (Wildman–Crippen LogP) is 2.84. The Balaban J connectivity index is 0.00000208. The highest BCUT2D eigenvalue weighted by molar-refractivity contribution is 7.07. The number of benzene rings is 1. The van der Waals surface area contributed by atoms with E-state index in [-0.39, 0.29) is 24.2 Å². The van der Waals surface area contributed by atoms with Crippen molar-refractivity contribution in [2.45, 2.75) is 19.1 Å². The summed E-state index contributed by atoms with van der Waals surface area (Å²) in [7, 11) is 0. The first-order valence-electron chi connectivity index (χ1n) is 7.97. The summed E-state index contributed by atoms with van der Waals surface area (Å²) in [5.74, 6) is 0.154. The monoisotopic (exact) mass is 366 g/mol. The first kappa shape index (κ1) is 18.9. The van der Waals surface area contributed by atoms with Gasteiger partial charge in [0.2, 0.25) is 5.91 Å². The molecule has 1 amide bonds. The van der Waals surface area contributed by atoms with Crippen molar-refractivity contribution in [3.05, 3.63) is 58.3 Å². The summed E-state index contributed by atoms with van der Waals surface area (Å²) in [6.45, 7) is 2.50. The van der Waals surface area contributed by atoms with E-state index in [4.69, 9.17) is 0 Å². The van der Waals surface area contributed by atoms with E-state index >= 15 is 0 Å².